The summed E-state index contributed by atoms with van der Waals surface area (Å²) in [6, 6.07) is 13.7. The molecule has 11 heteroatoms. The van der Waals surface area contributed by atoms with Gasteiger partial charge in [-0.3, -0.25) is 24.5 Å². The number of nitro groups is 1. The van der Waals surface area contributed by atoms with E-state index in [9.17, 15) is 29.3 Å². The van der Waals surface area contributed by atoms with E-state index in [0.29, 0.717) is 0 Å². The van der Waals surface area contributed by atoms with Gasteiger partial charge >= 0.3 is 5.97 Å². The highest BCUT2D eigenvalue weighted by molar-refractivity contribution is 6.39. The quantitative estimate of drug-likeness (QED) is 0.246. The van der Waals surface area contributed by atoms with Crippen LogP contribution in [0.15, 0.2) is 60.7 Å². The Morgan fingerprint density at radius 2 is 1.65 bits per heavy atom. The normalized spacial score (nSPS) is 12.4. The Morgan fingerprint density at radius 1 is 0.971 bits per heavy atom. The van der Waals surface area contributed by atoms with Gasteiger partial charge in [-0.25, -0.2) is 9.69 Å². The first kappa shape index (κ1) is 22.6. The summed E-state index contributed by atoms with van der Waals surface area (Å²) in [5, 5.41) is 11.5. The van der Waals surface area contributed by atoms with Crippen LogP contribution in [0.5, 0.6) is 0 Å². The Kier molecular flexibility index (Phi) is 5.82. The lowest BCUT2D eigenvalue weighted by atomic mass is 10.1. The van der Waals surface area contributed by atoms with Crippen molar-refractivity contribution in [2.24, 2.45) is 5.73 Å². The van der Waals surface area contributed by atoms with E-state index in [0.717, 1.165) is 11.0 Å². The standard InChI is InChI=1S/C23H14ClN3O7/c24-17-3-1-2-4-18(17)26-21(29)15-8-7-13(9-16(15)22(26)30)23(31)34-11-14-6-5-12(20(25)28)10-19(14)27(32)33/h1-10H,11H2,(H2,25,28). The number of benzene rings is 3. The fourth-order valence-electron chi connectivity index (χ4n) is 3.46. The first-order chi connectivity index (χ1) is 16.2. The lowest BCUT2D eigenvalue weighted by Gasteiger charge is -2.15. The maximum atomic E-state index is 12.9. The average Bonchev–Trinajstić information content (AvgIpc) is 3.07. The number of carbonyl (C=O) groups is 4. The lowest BCUT2D eigenvalue weighted by molar-refractivity contribution is -0.385. The number of hydrogen-bond acceptors (Lipinski definition) is 7. The van der Waals surface area contributed by atoms with E-state index in [1.807, 2.05) is 0 Å². The summed E-state index contributed by atoms with van der Waals surface area (Å²) in [6.45, 7) is -0.468. The van der Waals surface area contributed by atoms with E-state index in [1.54, 1.807) is 18.2 Å². The zero-order chi connectivity index (χ0) is 24.6. The first-order valence-electron chi connectivity index (χ1n) is 9.70. The molecule has 0 saturated heterocycles. The second kappa shape index (κ2) is 8.75. The molecule has 0 saturated carbocycles. The number of ether oxygens (including phenoxy) is 1. The van der Waals surface area contributed by atoms with Crippen molar-refractivity contribution in [3.63, 3.8) is 0 Å². The number of para-hydroxylation sites is 1. The largest absolute Gasteiger partial charge is 0.457 e. The molecule has 4 rings (SSSR count). The molecular formula is C23H14ClN3O7. The summed E-state index contributed by atoms with van der Waals surface area (Å²) < 4.78 is 5.17. The minimum Gasteiger partial charge on any atom is -0.457 e. The molecule has 0 aliphatic carbocycles. The summed E-state index contributed by atoms with van der Waals surface area (Å²) in [7, 11) is 0. The van der Waals surface area contributed by atoms with Crippen LogP contribution >= 0.6 is 11.6 Å². The van der Waals surface area contributed by atoms with Gasteiger partial charge in [-0.15, -0.1) is 0 Å². The summed E-state index contributed by atoms with van der Waals surface area (Å²) in [5.74, 6) is -2.94. The van der Waals surface area contributed by atoms with Crippen molar-refractivity contribution in [1.29, 1.82) is 0 Å². The van der Waals surface area contributed by atoms with Gasteiger partial charge in [0.25, 0.3) is 17.5 Å². The topological polar surface area (TPSA) is 150 Å². The Bertz CT molecular complexity index is 1400. The number of esters is 1. The number of nitrogens with zero attached hydrogens (tertiary/aromatic N) is 2. The maximum Gasteiger partial charge on any atom is 0.338 e. The Hall–Kier alpha value is -4.57. The van der Waals surface area contributed by atoms with Gasteiger partial charge in [0.2, 0.25) is 5.91 Å². The van der Waals surface area contributed by atoms with Gasteiger partial charge in [-0.1, -0.05) is 23.7 Å². The summed E-state index contributed by atoms with van der Waals surface area (Å²) >= 11 is 6.13. The number of fused-ring (bicyclic) bond motifs is 1. The smallest absolute Gasteiger partial charge is 0.338 e. The van der Waals surface area contributed by atoms with Crippen LogP contribution in [0.3, 0.4) is 0 Å². The molecule has 3 aromatic rings. The molecule has 3 aromatic carbocycles. The third kappa shape index (κ3) is 3.97. The number of imide groups is 1. The minimum absolute atomic E-state index is 0.00355. The van der Waals surface area contributed by atoms with Gasteiger partial charge in [0.05, 0.1) is 37.9 Å². The van der Waals surface area contributed by atoms with Crippen LogP contribution in [0.2, 0.25) is 5.02 Å². The minimum atomic E-state index is -0.868. The van der Waals surface area contributed by atoms with Gasteiger partial charge in [0.15, 0.2) is 0 Å². The highest BCUT2D eigenvalue weighted by atomic mass is 35.5. The molecule has 34 heavy (non-hydrogen) atoms. The monoisotopic (exact) mass is 479 g/mol. The summed E-state index contributed by atoms with van der Waals surface area (Å²) in [4.78, 5) is 61.0. The van der Waals surface area contributed by atoms with Gasteiger partial charge in [-0.05, 0) is 42.5 Å². The van der Waals surface area contributed by atoms with Crippen molar-refractivity contribution in [3.05, 3.63) is 104 Å². The Morgan fingerprint density at radius 3 is 2.32 bits per heavy atom. The molecule has 10 nitrogen and oxygen atoms in total. The summed E-state index contributed by atoms with van der Waals surface area (Å²) in [5.41, 5.74) is 4.96. The van der Waals surface area contributed by atoms with Crippen LogP contribution in [0.25, 0.3) is 0 Å². The molecule has 170 valence electrons. The zero-order valence-electron chi connectivity index (χ0n) is 17.2. The molecule has 0 aromatic heterocycles. The highest BCUT2D eigenvalue weighted by Crippen LogP contribution is 2.33. The number of anilines is 1. The van der Waals surface area contributed by atoms with Gasteiger partial charge in [0, 0.05) is 11.6 Å². The van der Waals surface area contributed by atoms with Crippen molar-refractivity contribution < 1.29 is 28.8 Å². The van der Waals surface area contributed by atoms with Crippen LogP contribution in [0, 0.1) is 10.1 Å². The lowest BCUT2D eigenvalue weighted by Crippen LogP contribution is -2.29. The van der Waals surface area contributed by atoms with Gasteiger partial charge < -0.3 is 10.5 Å². The molecule has 1 heterocycles. The highest BCUT2D eigenvalue weighted by Gasteiger charge is 2.38. The fourth-order valence-corrected chi connectivity index (χ4v) is 3.68. The van der Waals surface area contributed by atoms with Crippen molar-refractivity contribution in [3.8, 4) is 0 Å². The third-order valence-corrected chi connectivity index (χ3v) is 5.46. The molecular weight excluding hydrogens is 466 g/mol. The number of rotatable bonds is 6. The van der Waals surface area contributed by atoms with Crippen molar-refractivity contribution in [1.82, 2.24) is 0 Å². The molecule has 0 spiro atoms. The number of amides is 3. The SMILES string of the molecule is NC(=O)c1ccc(COC(=O)c2ccc3c(c2)C(=O)N(c2ccccc2Cl)C3=O)c([N+](=O)[O-])c1. The number of nitrogens with two attached hydrogens (primary N) is 1. The average molecular weight is 480 g/mol. The number of nitro benzene ring substituents is 1. The van der Waals surface area contributed by atoms with E-state index >= 15 is 0 Å². The van der Waals surface area contributed by atoms with E-state index in [-0.39, 0.29) is 38.5 Å². The summed E-state index contributed by atoms with van der Waals surface area (Å²) in [6.07, 6.45) is 0. The predicted molar refractivity (Wildman–Crippen MR) is 120 cm³/mol. The van der Waals surface area contributed by atoms with E-state index in [1.165, 1.54) is 36.4 Å². The van der Waals surface area contributed by atoms with Crippen LogP contribution < -0.4 is 10.6 Å². The molecule has 3 amide bonds. The van der Waals surface area contributed by atoms with E-state index < -0.39 is 40.9 Å². The number of halogens is 1. The molecule has 0 unspecified atom stereocenters. The van der Waals surface area contributed by atoms with Gasteiger partial charge in [0.1, 0.15) is 6.61 Å². The molecule has 2 N–H and O–H groups in total. The molecule has 1 aliphatic rings. The van der Waals surface area contributed by atoms with Crippen molar-refractivity contribution in [2.45, 2.75) is 6.61 Å². The zero-order valence-corrected chi connectivity index (χ0v) is 17.9. The fraction of sp³-hybridized carbons (Fsp3) is 0.0435. The number of carbonyl (C=O) groups excluding carboxylic acids is 4. The van der Waals surface area contributed by atoms with Crippen molar-refractivity contribution >= 4 is 46.7 Å². The van der Waals surface area contributed by atoms with Gasteiger partial charge in [-0.2, -0.15) is 0 Å². The number of primary amides is 1. The second-order valence-electron chi connectivity index (χ2n) is 7.20. The molecule has 0 radical (unpaired) electrons. The van der Waals surface area contributed by atoms with Crippen molar-refractivity contribution in [2.75, 3.05) is 4.90 Å². The van der Waals surface area contributed by atoms with Crippen LogP contribution in [-0.2, 0) is 11.3 Å². The third-order valence-electron chi connectivity index (χ3n) is 5.14. The molecule has 1 aliphatic heterocycles. The van der Waals surface area contributed by atoms with Crippen LogP contribution in [0.4, 0.5) is 11.4 Å². The Labute approximate surface area is 196 Å². The molecule has 0 atom stereocenters. The molecule has 0 bridgehead atoms. The maximum absolute atomic E-state index is 12.9. The van der Waals surface area contributed by atoms with Crippen LogP contribution in [0.1, 0.15) is 47.0 Å². The second-order valence-corrected chi connectivity index (χ2v) is 7.61. The first-order valence-corrected chi connectivity index (χ1v) is 10.1. The predicted octanol–water partition coefficient (Wildman–Crippen LogP) is 3.50. The Balaban J connectivity index is 1.56. The number of hydrogen-bond donors (Lipinski definition) is 1. The van der Waals surface area contributed by atoms with Crippen LogP contribution in [-0.4, -0.2) is 28.6 Å². The van der Waals surface area contributed by atoms with E-state index in [4.69, 9.17) is 22.1 Å². The van der Waals surface area contributed by atoms with E-state index in [2.05, 4.69) is 0 Å². The molecule has 0 fully saturated rings.